The molecule has 1 aromatic heterocycles. The summed E-state index contributed by atoms with van der Waals surface area (Å²) in [6.07, 6.45) is 2.20. The Hall–Kier alpha value is -0.680. The summed E-state index contributed by atoms with van der Waals surface area (Å²) in [6.45, 7) is 4.46. The molecule has 0 saturated carbocycles. The van der Waals surface area contributed by atoms with Crippen molar-refractivity contribution < 1.29 is 4.74 Å². The molecule has 0 radical (unpaired) electrons. The van der Waals surface area contributed by atoms with Crippen molar-refractivity contribution in [3.63, 3.8) is 0 Å². The average Bonchev–Trinajstić information content (AvgIpc) is 2.86. The van der Waals surface area contributed by atoms with Gasteiger partial charge in [-0.25, -0.2) is 4.68 Å². The van der Waals surface area contributed by atoms with Gasteiger partial charge in [0.15, 0.2) is 5.82 Å². The zero-order valence-electron chi connectivity index (χ0n) is 8.77. The first-order valence-corrected chi connectivity index (χ1v) is 5.69. The molecule has 1 fully saturated rings. The van der Waals surface area contributed by atoms with Gasteiger partial charge in [-0.3, -0.25) is 0 Å². The number of hydrogen-bond donors (Lipinski definition) is 0. The predicted molar refractivity (Wildman–Crippen MR) is 55.6 cm³/mol. The Labute approximate surface area is 93.7 Å². The van der Waals surface area contributed by atoms with E-state index >= 15 is 0 Å². The fourth-order valence-corrected chi connectivity index (χ4v) is 1.93. The molecule has 0 aliphatic carbocycles. The number of aryl methyl sites for hydroxylation is 1. The standard InChI is InChI=1S/C9H15ClN4O/c1-7(10)9-11-12-13-14(9)4-2-8-3-5-15-6-8/h7-8H,2-6H2,1H3. The van der Waals surface area contributed by atoms with Crippen molar-refractivity contribution in [3.8, 4) is 0 Å². The van der Waals surface area contributed by atoms with Crippen LogP contribution in [0.5, 0.6) is 0 Å². The number of nitrogens with zero attached hydrogens (tertiary/aromatic N) is 4. The monoisotopic (exact) mass is 230 g/mol. The van der Waals surface area contributed by atoms with Crippen molar-refractivity contribution in [2.45, 2.75) is 31.7 Å². The van der Waals surface area contributed by atoms with Gasteiger partial charge < -0.3 is 4.74 Å². The molecule has 15 heavy (non-hydrogen) atoms. The number of rotatable bonds is 4. The second-order valence-corrected chi connectivity index (χ2v) is 4.55. The topological polar surface area (TPSA) is 52.8 Å². The molecule has 0 aromatic carbocycles. The van der Waals surface area contributed by atoms with Crippen LogP contribution in [0.2, 0.25) is 0 Å². The van der Waals surface area contributed by atoms with Crippen LogP contribution >= 0.6 is 11.6 Å². The molecule has 0 amide bonds. The minimum Gasteiger partial charge on any atom is -0.381 e. The van der Waals surface area contributed by atoms with Gasteiger partial charge in [0, 0.05) is 19.8 Å². The van der Waals surface area contributed by atoms with Crippen LogP contribution in [-0.2, 0) is 11.3 Å². The molecular formula is C9H15ClN4O. The predicted octanol–water partition coefficient (Wildman–Crippen LogP) is 1.40. The van der Waals surface area contributed by atoms with Crippen LogP contribution in [0.1, 0.15) is 31.0 Å². The second-order valence-electron chi connectivity index (χ2n) is 3.89. The fraction of sp³-hybridized carbons (Fsp3) is 0.889. The first-order chi connectivity index (χ1) is 7.27. The van der Waals surface area contributed by atoms with Crippen molar-refractivity contribution in [2.75, 3.05) is 13.2 Å². The van der Waals surface area contributed by atoms with Crippen LogP contribution in [0.3, 0.4) is 0 Å². The molecule has 0 spiro atoms. The van der Waals surface area contributed by atoms with Crippen LogP contribution < -0.4 is 0 Å². The second kappa shape index (κ2) is 4.90. The summed E-state index contributed by atoms with van der Waals surface area (Å²) >= 11 is 5.96. The number of aromatic nitrogens is 4. The van der Waals surface area contributed by atoms with Crippen molar-refractivity contribution in [1.82, 2.24) is 20.2 Å². The highest BCUT2D eigenvalue weighted by atomic mass is 35.5. The highest BCUT2D eigenvalue weighted by Gasteiger charge is 2.17. The van der Waals surface area contributed by atoms with Gasteiger partial charge in [0.2, 0.25) is 0 Å². The summed E-state index contributed by atoms with van der Waals surface area (Å²) in [5.41, 5.74) is 0. The number of tetrazole rings is 1. The summed E-state index contributed by atoms with van der Waals surface area (Å²) < 4.78 is 7.11. The third-order valence-corrected chi connectivity index (χ3v) is 2.88. The number of hydrogen-bond acceptors (Lipinski definition) is 4. The van der Waals surface area contributed by atoms with E-state index in [1.165, 1.54) is 0 Å². The van der Waals surface area contributed by atoms with E-state index in [4.69, 9.17) is 16.3 Å². The minimum absolute atomic E-state index is 0.139. The molecule has 2 unspecified atom stereocenters. The molecule has 5 nitrogen and oxygen atoms in total. The van der Waals surface area contributed by atoms with Crippen molar-refractivity contribution in [3.05, 3.63) is 5.82 Å². The lowest BCUT2D eigenvalue weighted by Gasteiger charge is -2.08. The molecule has 1 saturated heterocycles. The van der Waals surface area contributed by atoms with E-state index in [0.717, 1.165) is 38.4 Å². The Morgan fingerprint density at radius 2 is 2.53 bits per heavy atom. The zero-order valence-corrected chi connectivity index (χ0v) is 9.52. The molecule has 2 rings (SSSR count). The van der Waals surface area contributed by atoms with E-state index in [1.54, 1.807) is 4.68 Å². The molecular weight excluding hydrogens is 216 g/mol. The lowest BCUT2D eigenvalue weighted by Crippen LogP contribution is -2.11. The smallest absolute Gasteiger partial charge is 0.168 e. The Morgan fingerprint density at radius 3 is 3.20 bits per heavy atom. The maximum atomic E-state index is 5.96. The highest BCUT2D eigenvalue weighted by Crippen LogP contribution is 2.19. The first kappa shape index (κ1) is 10.8. The molecule has 2 atom stereocenters. The Morgan fingerprint density at radius 1 is 1.67 bits per heavy atom. The maximum Gasteiger partial charge on any atom is 0.168 e. The van der Waals surface area contributed by atoms with Crippen molar-refractivity contribution >= 4 is 11.6 Å². The van der Waals surface area contributed by atoms with Crippen molar-refractivity contribution in [1.29, 1.82) is 0 Å². The van der Waals surface area contributed by atoms with E-state index in [0.29, 0.717) is 5.92 Å². The van der Waals surface area contributed by atoms with E-state index in [2.05, 4.69) is 15.5 Å². The van der Waals surface area contributed by atoms with Crippen LogP contribution in [0.25, 0.3) is 0 Å². The summed E-state index contributed by atoms with van der Waals surface area (Å²) in [7, 11) is 0. The fourth-order valence-electron chi connectivity index (χ4n) is 1.77. The number of ether oxygens (including phenoxy) is 1. The molecule has 6 heteroatoms. The molecule has 1 aliphatic rings. The van der Waals surface area contributed by atoms with E-state index < -0.39 is 0 Å². The van der Waals surface area contributed by atoms with Gasteiger partial charge in [-0.1, -0.05) is 0 Å². The van der Waals surface area contributed by atoms with Gasteiger partial charge in [0.25, 0.3) is 0 Å². The summed E-state index contributed by atoms with van der Waals surface area (Å²) in [6, 6.07) is 0. The molecule has 1 aliphatic heterocycles. The first-order valence-electron chi connectivity index (χ1n) is 5.25. The van der Waals surface area contributed by atoms with Gasteiger partial charge in [-0.05, 0) is 36.1 Å². The highest BCUT2D eigenvalue weighted by molar-refractivity contribution is 6.20. The van der Waals surface area contributed by atoms with E-state index in [1.807, 2.05) is 6.92 Å². The van der Waals surface area contributed by atoms with Crippen LogP contribution in [0, 0.1) is 5.92 Å². The Kier molecular flexibility index (Phi) is 3.53. The van der Waals surface area contributed by atoms with Crippen LogP contribution in [-0.4, -0.2) is 33.4 Å². The third kappa shape index (κ3) is 2.66. The summed E-state index contributed by atoms with van der Waals surface area (Å²) in [5.74, 6) is 1.39. The number of alkyl halides is 1. The van der Waals surface area contributed by atoms with Crippen LogP contribution in [0.15, 0.2) is 0 Å². The minimum atomic E-state index is -0.139. The molecule has 0 N–H and O–H groups in total. The quantitative estimate of drug-likeness (QED) is 0.734. The molecule has 1 aromatic rings. The normalized spacial score (nSPS) is 23.2. The van der Waals surface area contributed by atoms with Crippen molar-refractivity contribution in [2.24, 2.45) is 5.92 Å². The maximum absolute atomic E-state index is 5.96. The lowest BCUT2D eigenvalue weighted by molar-refractivity contribution is 0.183. The Bertz CT molecular complexity index is 309. The van der Waals surface area contributed by atoms with Gasteiger partial charge in [-0.15, -0.1) is 16.7 Å². The molecule has 2 heterocycles. The van der Waals surface area contributed by atoms with E-state index in [-0.39, 0.29) is 5.38 Å². The Balaban J connectivity index is 1.89. The van der Waals surface area contributed by atoms with Gasteiger partial charge in [0.05, 0.1) is 5.38 Å². The van der Waals surface area contributed by atoms with E-state index in [9.17, 15) is 0 Å². The summed E-state index contributed by atoms with van der Waals surface area (Å²) in [5, 5.41) is 11.3. The lowest BCUT2D eigenvalue weighted by atomic mass is 10.1. The average molecular weight is 231 g/mol. The molecule has 84 valence electrons. The number of halogens is 1. The summed E-state index contributed by atoms with van der Waals surface area (Å²) in [4.78, 5) is 0. The zero-order chi connectivity index (χ0) is 10.7. The SMILES string of the molecule is CC(Cl)c1nnnn1CCC1CCOC1. The van der Waals surface area contributed by atoms with Gasteiger partial charge in [-0.2, -0.15) is 0 Å². The molecule has 0 bridgehead atoms. The van der Waals surface area contributed by atoms with Gasteiger partial charge >= 0.3 is 0 Å². The largest absolute Gasteiger partial charge is 0.381 e. The third-order valence-electron chi connectivity index (χ3n) is 2.69. The van der Waals surface area contributed by atoms with Crippen LogP contribution in [0.4, 0.5) is 0 Å². The van der Waals surface area contributed by atoms with Gasteiger partial charge in [0.1, 0.15) is 0 Å².